The first-order valence-corrected chi connectivity index (χ1v) is 5.66. The van der Waals surface area contributed by atoms with Gasteiger partial charge in [0.05, 0.1) is 0 Å². The maximum atomic E-state index is 11.2. The Hall–Kier alpha value is -0.680. The molecule has 0 radical (unpaired) electrons. The van der Waals surface area contributed by atoms with Crippen LogP contribution in [0.3, 0.4) is 0 Å². The number of aryl methyl sites for hydroxylation is 1. The van der Waals surface area contributed by atoms with Crippen molar-refractivity contribution in [2.24, 2.45) is 0 Å². The lowest BCUT2D eigenvalue weighted by molar-refractivity contribution is -0.115. The number of carbonyl (C=O) groups is 1. The van der Waals surface area contributed by atoms with E-state index in [2.05, 4.69) is 22.4 Å². The van der Waals surface area contributed by atoms with Crippen LogP contribution in [0.25, 0.3) is 0 Å². The van der Waals surface area contributed by atoms with Crippen LogP contribution in [0.2, 0.25) is 0 Å². The van der Waals surface area contributed by atoms with E-state index in [0.29, 0.717) is 5.13 Å². The molecule has 1 amide bonds. The van der Waals surface area contributed by atoms with Crippen molar-refractivity contribution in [2.45, 2.75) is 32.1 Å². The number of nitrogens with one attached hydrogen (secondary N) is 1. The molecule has 0 aliphatic heterocycles. The minimum Gasteiger partial charge on any atom is -0.299 e. The van der Waals surface area contributed by atoms with Crippen molar-refractivity contribution < 1.29 is 4.79 Å². The summed E-state index contributed by atoms with van der Waals surface area (Å²) in [5.41, 5.74) is 0. The zero-order chi connectivity index (χ0) is 10.6. The molecular weight excluding hydrogens is 222 g/mol. The Morgan fingerprint density at radius 3 is 2.93 bits per heavy atom. The number of hydrogen-bond acceptors (Lipinski definition) is 4. The molecule has 0 unspecified atom stereocenters. The first-order chi connectivity index (χ1) is 6.63. The van der Waals surface area contributed by atoms with Crippen molar-refractivity contribution in [2.75, 3.05) is 5.32 Å². The van der Waals surface area contributed by atoms with E-state index in [9.17, 15) is 4.79 Å². The summed E-state index contributed by atoms with van der Waals surface area (Å²) in [7, 11) is 0. The quantitative estimate of drug-likeness (QED) is 0.810. The van der Waals surface area contributed by atoms with Crippen LogP contribution in [0, 0.1) is 0 Å². The van der Waals surface area contributed by atoms with E-state index >= 15 is 0 Å². The second-order valence-corrected chi connectivity index (χ2v) is 4.57. The predicted octanol–water partition coefficient (Wildman–Crippen LogP) is 2.06. The van der Waals surface area contributed by atoms with Crippen LogP contribution in [0.15, 0.2) is 0 Å². The number of nitrogens with zero attached hydrogens (tertiary/aromatic N) is 2. The van der Waals surface area contributed by atoms with Crippen LogP contribution in [0.4, 0.5) is 5.13 Å². The number of aromatic nitrogens is 2. The van der Waals surface area contributed by atoms with Crippen LogP contribution in [-0.2, 0) is 11.2 Å². The summed E-state index contributed by atoms with van der Waals surface area (Å²) in [4.78, 5) is 11.2. The SMILES string of the molecule is CCCc1nnc(NC(=O)[C@H](C)Cl)s1. The molecule has 1 N–H and O–H groups in total. The molecule has 1 rings (SSSR count). The van der Waals surface area contributed by atoms with Crippen molar-refractivity contribution in [3.05, 3.63) is 5.01 Å². The van der Waals surface area contributed by atoms with Crippen molar-refractivity contribution in [3.8, 4) is 0 Å². The molecule has 1 aromatic rings. The molecule has 1 atom stereocenters. The summed E-state index contributed by atoms with van der Waals surface area (Å²) in [5, 5.41) is 11.3. The van der Waals surface area contributed by atoms with Gasteiger partial charge in [0.15, 0.2) is 0 Å². The maximum absolute atomic E-state index is 11.2. The highest BCUT2D eigenvalue weighted by molar-refractivity contribution is 7.15. The summed E-state index contributed by atoms with van der Waals surface area (Å²) in [6, 6.07) is 0. The average molecular weight is 234 g/mol. The molecule has 1 aromatic heterocycles. The summed E-state index contributed by atoms with van der Waals surface area (Å²) < 4.78 is 0. The summed E-state index contributed by atoms with van der Waals surface area (Å²) in [6.45, 7) is 3.69. The third kappa shape index (κ3) is 3.23. The lowest BCUT2D eigenvalue weighted by Crippen LogP contribution is -2.20. The number of alkyl halides is 1. The van der Waals surface area contributed by atoms with Crippen molar-refractivity contribution >= 4 is 34.0 Å². The minimum absolute atomic E-state index is 0.245. The van der Waals surface area contributed by atoms with E-state index < -0.39 is 5.38 Å². The van der Waals surface area contributed by atoms with Gasteiger partial charge in [-0.05, 0) is 13.3 Å². The summed E-state index contributed by atoms with van der Waals surface area (Å²) in [5.74, 6) is -0.245. The summed E-state index contributed by atoms with van der Waals surface area (Å²) in [6.07, 6.45) is 1.92. The van der Waals surface area contributed by atoms with Gasteiger partial charge in [-0.2, -0.15) is 0 Å². The van der Waals surface area contributed by atoms with Gasteiger partial charge in [-0.15, -0.1) is 21.8 Å². The van der Waals surface area contributed by atoms with Crippen molar-refractivity contribution in [1.82, 2.24) is 10.2 Å². The Balaban J connectivity index is 2.55. The molecule has 0 saturated carbocycles. The number of anilines is 1. The van der Waals surface area contributed by atoms with Crippen LogP contribution >= 0.6 is 22.9 Å². The normalized spacial score (nSPS) is 12.5. The minimum atomic E-state index is -0.548. The number of amides is 1. The second kappa shape index (κ2) is 5.26. The molecule has 0 saturated heterocycles. The second-order valence-electron chi connectivity index (χ2n) is 2.86. The Morgan fingerprint density at radius 1 is 1.64 bits per heavy atom. The topological polar surface area (TPSA) is 54.9 Å². The van der Waals surface area contributed by atoms with Gasteiger partial charge in [-0.3, -0.25) is 10.1 Å². The molecule has 0 spiro atoms. The number of halogens is 1. The lowest BCUT2D eigenvalue weighted by Gasteiger charge is -2.00. The molecule has 6 heteroatoms. The van der Waals surface area contributed by atoms with Crippen LogP contribution in [0.1, 0.15) is 25.3 Å². The fraction of sp³-hybridized carbons (Fsp3) is 0.625. The van der Waals surface area contributed by atoms with E-state index in [1.54, 1.807) is 6.92 Å². The van der Waals surface area contributed by atoms with Gasteiger partial charge in [0.2, 0.25) is 11.0 Å². The zero-order valence-corrected chi connectivity index (χ0v) is 9.65. The monoisotopic (exact) mass is 233 g/mol. The van der Waals surface area contributed by atoms with Crippen molar-refractivity contribution in [3.63, 3.8) is 0 Å². The van der Waals surface area contributed by atoms with Crippen LogP contribution < -0.4 is 5.32 Å². The number of hydrogen-bond donors (Lipinski definition) is 1. The Kier molecular flexibility index (Phi) is 4.28. The van der Waals surface area contributed by atoms with Gasteiger partial charge in [-0.1, -0.05) is 18.3 Å². The highest BCUT2D eigenvalue weighted by Crippen LogP contribution is 2.16. The van der Waals surface area contributed by atoms with Gasteiger partial charge in [0.1, 0.15) is 10.4 Å². The smallest absolute Gasteiger partial charge is 0.243 e. The maximum Gasteiger partial charge on any atom is 0.243 e. The predicted molar refractivity (Wildman–Crippen MR) is 57.8 cm³/mol. The Bertz CT molecular complexity index is 313. The van der Waals surface area contributed by atoms with E-state index in [1.165, 1.54) is 11.3 Å². The molecule has 4 nitrogen and oxygen atoms in total. The number of rotatable bonds is 4. The average Bonchev–Trinajstić information content (AvgIpc) is 2.53. The lowest BCUT2D eigenvalue weighted by atomic mass is 10.4. The number of carbonyl (C=O) groups excluding carboxylic acids is 1. The van der Waals surface area contributed by atoms with E-state index in [0.717, 1.165) is 17.8 Å². The van der Waals surface area contributed by atoms with Gasteiger partial charge >= 0.3 is 0 Å². The first-order valence-electron chi connectivity index (χ1n) is 4.40. The molecule has 78 valence electrons. The molecule has 0 aromatic carbocycles. The van der Waals surface area contributed by atoms with E-state index in [-0.39, 0.29) is 5.91 Å². The molecule has 14 heavy (non-hydrogen) atoms. The molecule has 1 heterocycles. The van der Waals surface area contributed by atoms with Gasteiger partial charge in [0, 0.05) is 6.42 Å². The first kappa shape index (κ1) is 11.4. The van der Waals surface area contributed by atoms with Crippen molar-refractivity contribution in [1.29, 1.82) is 0 Å². The Morgan fingerprint density at radius 2 is 2.36 bits per heavy atom. The van der Waals surface area contributed by atoms with Gasteiger partial charge in [-0.25, -0.2) is 0 Å². The Labute approximate surface area is 91.7 Å². The van der Waals surface area contributed by atoms with Gasteiger partial charge in [0.25, 0.3) is 0 Å². The van der Waals surface area contributed by atoms with E-state index in [1.807, 2.05) is 0 Å². The summed E-state index contributed by atoms with van der Waals surface area (Å²) >= 11 is 6.98. The largest absolute Gasteiger partial charge is 0.299 e. The van der Waals surface area contributed by atoms with Crippen LogP contribution in [0.5, 0.6) is 0 Å². The zero-order valence-electron chi connectivity index (χ0n) is 8.08. The standard InChI is InChI=1S/C8H12ClN3OS/c1-3-4-6-11-12-8(14-6)10-7(13)5(2)9/h5H,3-4H2,1-2H3,(H,10,12,13)/t5-/m0/s1. The van der Waals surface area contributed by atoms with E-state index in [4.69, 9.17) is 11.6 Å². The molecule has 0 aliphatic rings. The highest BCUT2D eigenvalue weighted by atomic mass is 35.5. The third-order valence-electron chi connectivity index (χ3n) is 1.52. The van der Waals surface area contributed by atoms with Gasteiger partial charge < -0.3 is 0 Å². The van der Waals surface area contributed by atoms with Crippen LogP contribution in [-0.4, -0.2) is 21.5 Å². The molecule has 0 fully saturated rings. The molecule has 0 bridgehead atoms. The molecular formula is C8H12ClN3OS. The fourth-order valence-corrected chi connectivity index (χ4v) is 1.72. The molecule has 0 aliphatic carbocycles. The fourth-order valence-electron chi connectivity index (χ4n) is 0.824. The highest BCUT2D eigenvalue weighted by Gasteiger charge is 2.11. The third-order valence-corrected chi connectivity index (χ3v) is 2.62.